The second kappa shape index (κ2) is 48.7. The maximum Gasteiger partial charge on any atom is 0.306 e. The fraction of sp³-hybridized carbons (Fsp3) is 0.736. The van der Waals surface area contributed by atoms with Gasteiger partial charge in [0.25, 0.3) is 0 Å². The minimum atomic E-state index is -0.574. The van der Waals surface area contributed by atoms with Crippen molar-refractivity contribution >= 4 is 11.9 Å². The average Bonchev–Trinajstić information content (AvgIpc) is 3.22. The van der Waals surface area contributed by atoms with Gasteiger partial charge in [0.15, 0.2) is 6.10 Å². The molecule has 1 unspecified atom stereocenters. The molecule has 0 saturated heterocycles. The lowest BCUT2D eigenvalue weighted by Crippen LogP contribution is -2.30. The zero-order valence-electron chi connectivity index (χ0n) is 38.3. The summed E-state index contributed by atoms with van der Waals surface area (Å²) in [6.45, 7) is 7.61. The van der Waals surface area contributed by atoms with E-state index in [0.717, 1.165) is 64.2 Å². The highest BCUT2D eigenvalue weighted by molar-refractivity contribution is 5.70. The maximum atomic E-state index is 12.7. The quantitative estimate of drug-likeness (QED) is 0.0348. The van der Waals surface area contributed by atoms with Crippen molar-refractivity contribution in [3.05, 3.63) is 72.9 Å². The first-order valence-electron chi connectivity index (χ1n) is 24.5. The van der Waals surface area contributed by atoms with Gasteiger partial charge in [-0.05, 0) is 77.0 Å². The number of hydrogen-bond donors (Lipinski definition) is 0. The summed E-state index contributed by atoms with van der Waals surface area (Å²) in [5.74, 6) is -0.494. The minimum Gasteiger partial charge on any atom is -0.462 e. The Kier molecular flexibility index (Phi) is 46.5. The van der Waals surface area contributed by atoms with Crippen LogP contribution in [0.4, 0.5) is 0 Å². The van der Waals surface area contributed by atoms with Crippen LogP contribution < -0.4 is 0 Å². The number of carbonyl (C=O) groups is 2. The fourth-order valence-electron chi connectivity index (χ4n) is 6.61. The molecule has 0 aromatic rings. The second-order valence-electron chi connectivity index (χ2n) is 16.0. The van der Waals surface area contributed by atoms with Gasteiger partial charge in [-0.3, -0.25) is 9.59 Å². The lowest BCUT2D eigenvalue weighted by Gasteiger charge is -2.18. The van der Waals surface area contributed by atoms with E-state index < -0.39 is 6.10 Å². The van der Waals surface area contributed by atoms with E-state index in [2.05, 4.69) is 87.6 Å². The third-order valence-electron chi connectivity index (χ3n) is 10.2. The first kappa shape index (κ1) is 55.3. The van der Waals surface area contributed by atoms with Crippen LogP contribution >= 0.6 is 0 Å². The summed E-state index contributed by atoms with van der Waals surface area (Å²) in [7, 11) is 0. The lowest BCUT2D eigenvalue weighted by atomic mass is 10.1. The maximum absolute atomic E-state index is 12.7. The summed E-state index contributed by atoms with van der Waals surface area (Å²) in [6.07, 6.45) is 62.0. The molecule has 0 N–H and O–H groups in total. The SMILES string of the molecule is CC/C=C\C/C=C\C/C=C\C/C=C\CCC(=O)OC(COCCCCCCCCCCCC)COC(=O)CCCCCCCCCCC/C=C\C/C=C\CCCCC. The smallest absolute Gasteiger partial charge is 0.306 e. The molecule has 0 amide bonds. The molecule has 0 fully saturated rings. The number of hydrogen-bond acceptors (Lipinski definition) is 5. The van der Waals surface area contributed by atoms with E-state index in [9.17, 15) is 9.59 Å². The molecule has 0 heterocycles. The normalized spacial score (nSPS) is 12.8. The van der Waals surface area contributed by atoms with E-state index in [4.69, 9.17) is 14.2 Å². The molecule has 5 nitrogen and oxygen atoms in total. The Hall–Kier alpha value is -2.66. The van der Waals surface area contributed by atoms with Gasteiger partial charge in [-0.1, -0.05) is 209 Å². The Bertz CT molecular complexity index is 1050. The van der Waals surface area contributed by atoms with E-state index in [-0.39, 0.29) is 25.2 Å². The zero-order chi connectivity index (χ0) is 42.1. The molecule has 0 bridgehead atoms. The number of esters is 2. The molecule has 0 aromatic carbocycles. The van der Waals surface area contributed by atoms with Gasteiger partial charge in [0, 0.05) is 19.4 Å². The molecule has 0 radical (unpaired) electrons. The van der Waals surface area contributed by atoms with E-state index in [0.29, 0.717) is 25.9 Å². The Morgan fingerprint density at radius 3 is 1.34 bits per heavy atom. The molecular formula is C53H92O5. The average molecular weight is 809 g/mol. The Labute approximate surface area is 359 Å². The van der Waals surface area contributed by atoms with Crippen LogP contribution in [0.1, 0.15) is 226 Å². The molecule has 1 atom stereocenters. The second-order valence-corrected chi connectivity index (χ2v) is 16.0. The molecule has 0 aliphatic rings. The van der Waals surface area contributed by atoms with Crippen LogP contribution in [0.5, 0.6) is 0 Å². The van der Waals surface area contributed by atoms with Crippen molar-refractivity contribution in [3.8, 4) is 0 Å². The summed E-state index contributed by atoms with van der Waals surface area (Å²) in [5, 5.41) is 0. The molecule has 334 valence electrons. The van der Waals surface area contributed by atoms with Gasteiger partial charge in [-0.15, -0.1) is 0 Å². The molecule has 0 saturated carbocycles. The van der Waals surface area contributed by atoms with Gasteiger partial charge < -0.3 is 14.2 Å². The largest absolute Gasteiger partial charge is 0.462 e. The monoisotopic (exact) mass is 809 g/mol. The molecular weight excluding hydrogens is 717 g/mol. The first-order valence-corrected chi connectivity index (χ1v) is 24.5. The number of unbranched alkanes of at least 4 members (excludes halogenated alkanes) is 21. The van der Waals surface area contributed by atoms with Crippen molar-refractivity contribution < 1.29 is 23.8 Å². The van der Waals surface area contributed by atoms with Crippen LogP contribution in [0.15, 0.2) is 72.9 Å². The summed E-state index contributed by atoms with van der Waals surface area (Å²) in [4.78, 5) is 25.3. The topological polar surface area (TPSA) is 61.8 Å². The van der Waals surface area contributed by atoms with E-state index in [1.165, 1.54) is 122 Å². The first-order chi connectivity index (χ1) is 28.6. The van der Waals surface area contributed by atoms with Crippen LogP contribution in [0.2, 0.25) is 0 Å². The van der Waals surface area contributed by atoms with Crippen LogP contribution in [0.25, 0.3) is 0 Å². The Balaban J connectivity index is 4.27. The summed E-state index contributed by atoms with van der Waals surface area (Å²) < 4.78 is 17.3. The van der Waals surface area contributed by atoms with Crippen LogP contribution in [-0.4, -0.2) is 37.9 Å². The third-order valence-corrected chi connectivity index (χ3v) is 10.2. The fourth-order valence-corrected chi connectivity index (χ4v) is 6.61. The highest BCUT2D eigenvalue weighted by Crippen LogP contribution is 2.14. The van der Waals surface area contributed by atoms with Crippen molar-refractivity contribution in [1.29, 1.82) is 0 Å². The summed E-state index contributed by atoms with van der Waals surface area (Å²) in [6, 6.07) is 0. The lowest BCUT2D eigenvalue weighted by molar-refractivity contribution is -0.162. The standard InChI is InChI=1S/C53H92O5/c1-4-7-10-13-16-19-22-24-25-26-27-28-29-31-32-34-37-40-43-46-52(54)57-50-51(49-56-48-45-42-39-36-21-18-15-12-9-6-3)58-53(55)47-44-41-38-35-33-30-23-20-17-14-11-8-5-2/h8,11,16-17,19-20,24-25,30,33,38,41,51H,4-7,9-10,12-15,18,21-23,26-29,31-32,34-37,39-40,42-50H2,1-3H3/b11-8-,19-16-,20-17-,25-24-,33-30-,41-38-. The minimum absolute atomic E-state index is 0.0541. The van der Waals surface area contributed by atoms with Gasteiger partial charge in [0.05, 0.1) is 6.61 Å². The number of rotatable bonds is 44. The Morgan fingerprint density at radius 2 is 0.810 bits per heavy atom. The van der Waals surface area contributed by atoms with Crippen molar-refractivity contribution in [1.82, 2.24) is 0 Å². The van der Waals surface area contributed by atoms with Crippen molar-refractivity contribution in [3.63, 3.8) is 0 Å². The number of carbonyl (C=O) groups excluding carboxylic acids is 2. The van der Waals surface area contributed by atoms with Crippen LogP contribution in [0.3, 0.4) is 0 Å². The van der Waals surface area contributed by atoms with Gasteiger partial charge >= 0.3 is 11.9 Å². The van der Waals surface area contributed by atoms with Crippen LogP contribution in [0, 0.1) is 0 Å². The number of ether oxygens (including phenoxy) is 3. The molecule has 0 aliphatic heterocycles. The van der Waals surface area contributed by atoms with Gasteiger partial charge in [-0.2, -0.15) is 0 Å². The van der Waals surface area contributed by atoms with Crippen LogP contribution in [-0.2, 0) is 23.8 Å². The van der Waals surface area contributed by atoms with E-state index in [1.54, 1.807) is 0 Å². The van der Waals surface area contributed by atoms with Crippen molar-refractivity contribution in [2.45, 2.75) is 232 Å². The van der Waals surface area contributed by atoms with Gasteiger partial charge in [0.1, 0.15) is 6.61 Å². The highest BCUT2D eigenvalue weighted by Gasteiger charge is 2.17. The zero-order valence-corrected chi connectivity index (χ0v) is 38.3. The third kappa shape index (κ3) is 46.0. The Morgan fingerprint density at radius 1 is 0.397 bits per heavy atom. The van der Waals surface area contributed by atoms with E-state index in [1.807, 2.05) is 6.08 Å². The van der Waals surface area contributed by atoms with E-state index >= 15 is 0 Å². The van der Waals surface area contributed by atoms with Crippen molar-refractivity contribution in [2.75, 3.05) is 19.8 Å². The molecule has 0 aromatic heterocycles. The molecule has 58 heavy (non-hydrogen) atoms. The highest BCUT2D eigenvalue weighted by atomic mass is 16.6. The van der Waals surface area contributed by atoms with Gasteiger partial charge in [-0.25, -0.2) is 0 Å². The summed E-state index contributed by atoms with van der Waals surface area (Å²) in [5.41, 5.74) is 0. The summed E-state index contributed by atoms with van der Waals surface area (Å²) >= 11 is 0. The van der Waals surface area contributed by atoms with Crippen molar-refractivity contribution in [2.24, 2.45) is 0 Å². The molecule has 0 rings (SSSR count). The number of allylic oxidation sites excluding steroid dienone is 12. The predicted octanol–water partition coefficient (Wildman–Crippen LogP) is 16.3. The molecule has 5 heteroatoms. The van der Waals surface area contributed by atoms with Gasteiger partial charge in [0.2, 0.25) is 0 Å². The molecule has 0 spiro atoms. The molecule has 0 aliphatic carbocycles. The predicted molar refractivity (Wildman–Crippen MR) is 251 cm³/mol.